The maximum Gasteiger partial charge on any atom is 0.181 e. The maximum atomic E-state index is 13.9. The van der Waals surface area contributed by atoms with Crippen LogP contribution in [0.5, 0.6) is 0 Å². The average molecular weight is 247 g/mol. The number of fused-ring (bicyclic) bond motifs is 1. The smallest absolute Gasteiger partial charge is 0.181 e. The largest absolute Gasteiger partial charge is 0.478 e. The van der Waals surface area contributed by atoms with Crippen molar-refractivity contribution in [2.45, 2.75) is 45.8 Å². The molecule has 0 unspecified atom stereocenters. The third-order valence-corrected chi connectivity index (χ3v) is 4.20. The fraction of sp³-hybridized carbons (Fsp3) is 0.533. The second kappa shape index (κ2) is 3.56. The topological polar surface area (TPSA) is 21.6 Å². The molecule has 96 valence electrons. The monoisotopic (exact) mass is 247 g/mol. The van der Waals surface area contributed by atoms with E-state index in [1.54, 1.807) is 6.07 Å². The molecular formula is C15H18FNO. The van der Waals surface area contributed by atoms with Crippen LogP contribution in [-0.4, -0.2) is 12.0 Å². The summed E-state index contributed by atoms with van der Waals surface area (Å²) in [5.41, 5.74) is 2.34. The van der Waals surface area contributed by atoms with Gasteiger partial charge in [0.05, 0.1) is 5.54 Å². The van der Waals surface area contributed by atoms with Crippen LogP contribution >= 0.6 is 0 Å². The highest BCUT2D eigenvalue weighted by Gasteiger charge is 2.56. The van der Waals surface area contributed by atoms with E-state index in [0.717, 1.165) is 23.4 Å². The predicted octanol–water partition coefficient (Wildman–Crippen LogP) is 3.49. The van der Waals surface area contributed by atoms with Gasteiger partial charge in [-0.3, -0.25) is 0 Å². The molecule has 2 nitrogen and oxygen atoms in total. The number of aryl methyl sites for hydroxylation is 1. The minimum absolute atomic E-state index is 0.136. The lowest BCUT2D eigenvalue weighted by Gasteiger charge is -2.32. The average Bonchev–Trinajstić information content (AvgIpc) is 3.02. The number of hydrogen-bond acceptors (Lipinski definition) is 2. The van der Waals surface area contributed by atoms with Gasteiger partial charge in [0, 0.05) is 12.8 Å². The molecule has 2 aliphatic rings. The van der Waals surface area contributed by atoms with Crippen LogP contribution in [0.3, 0.4) is 0 Å². The van der Waals surface area contributed by atoms with Gasteiger partial charge in [0.1, 0.15) is 11.9 Å². The van der Waals surface area contributed by atoms with E-state index in [1.165, 1.54) is 0 Å². The molecular weight excluding hydrogens is 229 g/mol. The van der Waals surface area contributed by atoms with Crippen molar-refractivity contribution in [3.63, 3.8) is 0 Å². The first kappa shape index (κ1) is 11.7. The zero-order valence-electron chi connectivity index (χ0n) is 11.2. The third kappa shape index (κ3) is 1.57. The van der Waals surface area contributed by atoms with E-state index in [2.05, 4.69) is 18.0 Å². The first-order valence-corrected chi connectivity index (χ1v) is 6.42. The number of aliphatic imine (C=N–C) groups is 1. The van der Waals surface area contributed by atoms with Crippen molar-refractivity contribution < 1.29 is 9.13 Å². The Bertz CT molecular complexity index is 552. The molecule has 0 N–H and O–H groups in total. The molecule has 1 fully saturated rings. The first-order valence-electron chi connectivity index (χ1n) is 6.42. The molecule has 1 aliphatic carbocycles. The number of rotatable bonds is 1. The zero-order valence-corrected chi connectivity index (χ0v) is 11.2. The highest BCUT2D eigenvalue weighted by atomic mass is 19.1. The Balaban J connectivity index is 2.17. The van der Waals surface area contributed by atoms with Crippen molar-refractivity contribution in [3.8, 4) is 0 Å². The van der Waals surface area contributed by atoms with Crippen molar-refractivity contribution in [2.24, 2.45) is 10.9 Å². The maximum absolute atomic E-state index is 13.9. The van der Waals surface area contributed by atoms with Crippen LogP contribution in [0.15, 0.2) is 17.1 Å². The molecule has 3 rings (SSSR count). The normalized spacial score (nSPS) is 33.5. The molecule has 0 bridgehead atoms. The second-order valence-electron chi connectivity index (χ2n) is 5.70. The minimum Gasteiger partial charge on any atom is -0.478 e. The lowest BCUT2D eigenvalue weighted by atomic mass is 9.83. The summed E-state index contributed by atoms with van der Waals surface area (Å²) < 4.78 is 19.6. The van der Waals surface area contributed by atoms with Gasteiger partial charge in [-0.1, -0.05) is 6.07 Å². The van der Waals surface area contributed by atoms with Gasteiger partial charge in [-0.25, -0.2) is 9.38 Å². The molecule has 0 aromatic heterocycles. The zero-order chi connectivity index (χ0) is 13.1. The van der Waals surface area contributed by atoms with Crippen LogP contribution in [0.25, 0.3) is 0 Å². The van der Waals surface area contributed by atoms with Crippen molar-refractivity contribution >= 4 is 5.90 Å². The first-order chi connectivity index (χ1) is 8.41. The van der Waals surface area contributed by atoms with E-state index in [9.17, 15) is 4.39 Å². The molecule has 0 amide bonds. The fourth-order valence-electron chi connectivity index (χ4n) is 3.15. The van der Waals surface area contributed by atoms with Gasteiger partial charge in [-0.05, 0) is 49.9 Å². The van der Waals surface area contributed by atoms with Crippen LogP contribution in [0.2, 0.25) is 0 Å². The molecule has 1 heterocycles. The van der Waals surface area contributed by atoms with Crippen LogP contribution in [0, 0.1) is 25.6 Å². The van der Waals surface area contributed by atoms with Gasteiger partial charge in [0.2, 0.25) is 0 Å². The Labute approximate surface area is 107 Å². The Kier molecular flexibility index (Phi) is 2.31. The van der Waals surface area contributed by atoms with E-state index < -0.39 is 0 Å². The number of benzene rings is 1. The van der Waals surface area contributed by atoms with Crippen LogP contribution in [-0.2, 0) is 10.3 Å². The summed E-state index contributed by atoms with van der Waals surface area (Å²) in [6, 6.07) is 3.65. The molecule has 1 saturated carbocycles. The van der Waals surface area contributed by atoms with Crippen LogP contribution < -0.4 is 0 Å². The summed E-state index contributed by atoms with van der Waals surface area (Å²) in [7, 11) is 0. The Morgan fingerprint density at radius 1 is 1.33 bits per heavy atom. The third-order valence-electron chi connectivity index (χ3n) is 4.20. The molecule has 3 heteroatoms. The van der Waals surface area contributed by atoms with Crippen LogP contribution in [0.1, 0.15) is 37.0 Å². The van der Waals surface area contributed by atoms with E-state index in [-0.39, 0.29) is 17.5 Å². The van der Waals surface area contributed by atoms with Gasteiger partial charge in [0.15, 0.2) is 5.90 Å². The lowest BCUT2D eigenvalue weighted by Crippen LogP contribution is -2.31. The number of nitrogens with zero attached hydrogens (tertiary/aromatic N) is 1. The SMILES string of the molecule is CC1=N[C@](C)(c2cc(C)cc(F)c2C)[C@H]2C[C@H]2O1. The summed E-state index contributed by atoms with van der Waals surface area (Å²) in [6.45, 7) is 7.75. The van der Waals surface area contributed by atoms with Crippen molar-refractivity contribution in [2.75, 3.05) is 0 Å². The fourth-order valence-corrected chi connectivity index (χ4v) is 3.15. The van der Waals surface area contributed by atoms with Gasteiger partial charge in [0.25, 0.3) is 0 Å². The number of halogens is 1. The van der Waals surface area contributed by atoms with Crippen LogP contribution in [0.4, 0.5) is 4.39 Å². The molecule has 1 aromatic carbocycles. The Morgan fingerprint density at radius 2 is 2.06 bits per heavy atom. The summed E-state index contributed by atoms with van der Waals surface area (Å²) in [5, 5.41) is 0. The summed E-state index contributed by atoms with van der Waals surface area (Å²) >= 11 is 0. The molecule has 0 spiro atoms. The summed E-state index contributed by atoms with van der Waals surface area (Å²) in [4.78, 5) is 4.68. The van der Waals surface area contributed by atoms with Crippen molar-refractivity contribution in [3.05, 3.63) is 34.6 Å². The van der Waals surface area contributed by atoms with E-state index in [1.807, 2.05) is 20.8 Å². The van der Waals surface area contributed by atoms with E-state index in [0.29, 0.717) is 11.5 Å². The Hall–Kier alpha value is -1.38. The summed E-state index contributed by atoms with van der Waals surface area (Å²) in [6.07, 6.45) is 1.29. The number of hydrogen-bond donors (Lipinski definition) is 0. The Morgan fingerprint density at radius 3 is 2.78 bits per heavy atom. The van der Waals surface area contributed by atoms with Crippen molar-refractivity contribution in [1.82, 2.24) is 0 Å². The standard InChI is InChI=1S/C15H18FNO/c1-8-5-11(9(2)13(16)6-8)15(4)12-7-14(12)18-10(3)17-15/h5-6,12,14H,7H2,1-4H3/t12-,14+,15+/m0/s1. The molecule has 0 saturated heterocycles. The van der Waals surface area contributed by atoms with E-state index >= 15 is 0 Å². The van der Waals surface area contributed by atoms with E-state index in [4.69, 9.17) is 4.74 Å². The van der Waals surface area contributed by atoms with Gasteiger partial charge >= 0.3 is 0 Å². The van der Waals surface area contributed by atoms with Gasteiger partial charge in [-0.15, -0.1) is 0 Å². The molecule has 1 aliphatic heterocycles. The number of ether oxygens (including phenoxy) is 1. The van der Waals surface area contributed by atoms with Gasteiger partial charge in [-0.2, -0.15) is 0 Å². The quantitative estimate of drug-likeness (QED) is 0.744. The van der Waals surface area contributed by atoms with Crippen molar-refractivity contribution in [1.29, 1.82) is 0 Å². The lowest BCUT2D eigenvalue weighted by molar-refractivity contribution is 0.205. The molecule has 18 heavy (non-hydrogen) atoms. The highest BCUT2D eigenvalue weighted by molar-refractivity contribution is 5.75. The minimum atomic E-state index is -0.329. The molecule has 0 radical (unpaired) electrons. The highest BCUT2D eigenvalue weighted by Crippen LogP contribution is 2.53. The molecule has 3 atom stereocenters. The summed E-state index contributed by atoms with van der Waals surface area (Å²) in [5.74, 6) is 0.974. The second-order valence-corrected chi connectivity index (χ2v) is 5.70. The molecule has 1 aromatic rings. The van der Waals surface area contributed by atoms with Gasteiger partial charge < -0.3 is 4.74 Å². The predicted molar refractivity (Wildman–Crippen MR) is 69.3 cm³/mol.